The van der Waals surface area contributed by atoms with E-state index in [1.165, 1.54) is 0 Å². The Hall–Kier alpha value is -2.33. The Kier molecular flexibility index (Phi) is 5.49. The van der Waals surface area contributed by atoms with Gasteiger partial charge in [-0.15, -0.1) is 0 Å². The van der Waals surface area contributed by atoms with Crippen LogP contribution in [0.2, 0.25) is 0 Å². The molecule has 0 saturated carbocycles. The van der Waals surface area contributed by atoms with Crippen LogP contribution in [0.5, 0.6) is 11.5 Å². The molecule has 1 aliphatic heterocycles. The molecule has 1 N–H and O–H groups in total. The summed E-state index contributed by atoms with van der Waals surface area (Å²) in [6, 6.07) is 17.1. The van der Waals surface area contributed by atoms with Gasteiger partial charge in [-0.3, -0.25) is 4.79 Å². The van der Waals surface area contributed by atoms with Crippen molar-refractivity contribution in [2.45, 2.75) is 12.8 Å². The molecule has 24 heavy (non-hydrogen) atoms. The molecule has 0 bridgehead atoms. The van der Waals surface area contributed by atoms with E-state index < -0.39 is 0 Å². The summed E-state index contributed by atoms with van der Waals surface area (Å²) in [4.78, 5) is 14.7. The van der Waals surface area contributed by atoms with Gasteiger partial charge in [0.05, 0.1) is 0 Å². The minimum Gasteiger partial charge on any atom is -0.457 e. The third-order valence-electron chi connectivity index (χ3n) is 4.45. The van der Waals surface area contributed by atoms with E-state index in [0.717, 1.165) is 38.2 Å². The number of carbonyl (C=O) groups is 1. The first kappa shape index (κ1) is 16.5. The maximum Gasteiger partial charge on any atom is 0.253 e. The van der Waals surface area contributed by atoms with E-state index in [2.05, 4.69) is 5.32 Å². The fourth-order valence-electron chi connectivity index (χ4n) is 3.13. The van der Waals surface area contributed by atoms with Crippen molar-refractivity contribution in [2.75, 3.05) is 26.7 Å². The lowest BCUT2D eigenvalue weighted by Crippen LogP contribution is -2.40. The molecule has 3 rings (SSSR count). The predicted molar refractivity (Wildman–Crippen MR) is 95.5 cm³/mol. The lowest BCUT2D eigenvalue weighted by molar-refractivity contribution is 0.0690. The average molecular weight is 324 g/mol. The van der Waals surface area contributed by atoms with Crippen molar-refractivity contribution < 1.29 is 9.53 Å². The number of rotatable bonds is 5. The zero-order valence-corrected chi connectivity index (χ0v) is 14.1. The van der Waals surface area contributed by atoms with Gasteiger partial charge in [0.1, 0.15) is 11.5 Å². The molecule has 1 fully saturated rings. The number of amides is 1. The van der Waals surface area contributed by atoms with Crippen molar-refractivity contribution in [3.63, 3.8) is 0 Å². The van der Waals surface area contributed by atoms with E-state index in [4.69, 9.17) is 4.74 Å². The van der Waals surface area contributed by atoms with Crippen LogP contribution in [0.1, 0.15) is 23.2 Å². The molecule has 1 aliphatic rings. The molecule has 0 aromatic heterocycles. The van der Waals surface area contributed by atoms with Crippen molar-refractivity contribution in [3.8, 4) is 11.5 Å². The van der Waals surface area contributed by atoms with E-state index in [-0.39, 0.29) is 5.91 Å². The van der Waals surface area contributed by atoms with Gasteiger partial charge in [-0.05, 0) is 62.7 Å². The van der Waals surface area contributed by atoms with Crippen molar-refractivity contribution in [1.29, 1.82) is 0 Å². The van der Waals surface area contributed by atoms with Gasteiger partial charge in [0.2, 0.25) is 0 Å². The fraction of sp³-hybridized carbons (Fsp3) is 0.350. The second-order valence-corrected chi connectivity index (χ2v) is 6.24. The van der Waals surface area contributed by atoms with Gasteiger partial charge in [-0.25, -0.2) is 0 Å². The first-order valence-electron chi connectivity index (χ1n) is 8.53. The Morgan fingerprint density at radius 3 is 2.50 bits per heavy atom. The van der Waals surface area contributed by atoms with Crippen LogP contribution in [-0.2, 0) is 0 Å². The highest BCUT2D eigenvalue weighted by atomic mass is 16.5. The molecule has 1 saturated heterocycles. The number of likely N-dealkylation sites (tertiary alicyclic amines) is 1. The molecular weight excluding hydrogens is 300 g/mol. The predicted octanol–water partition coefficient (Wildman–Crippen LogP) is 3.55. The van der Waals surface area contributed by atoms with E-state index in [0.29, 0.717) is 17.2 Å². The SMILES string of the molecule is CNCC1CCN(C(=O)c2cccc(Oc3ccccc3)c2)CC1. The Balaban J connectivity index is 1.64. The van der Waals surface area contributed by atoms with E-state index in [9.17, 15) is 4.79 Å². The highest BCUT2D eigenvalue weighted by Gasteiger charge is 2.23. The van der Waals surface area contributed by atoms with Gasteiger partial charge in [0, 0.05) is 18.7 Å². The van der Waals surface area contributed by atoms with Gasteiger partial charge in [-0.2, -0.15) is 0 Å². The molecule has 4 heteroatoms. The molecule has 0 radical (unpaired) electrons. The van der Waals surface area contributed by atoms with Crippen LogP contribution in [0.15, 0.2) is 54.6 Å². The number of nitrogens with one attached hydrogen (secondary N) is 1. The number of hydrogen-bond donors (Lipinski definition) is 1. The normalized spacial score (nSPS) is 15.3. The number of carbonyl (C=O) groups excluding carboxylic acids is 1. The Bertz CT molecular complexity index is 664. The molecule has 4 nitrogen and oxygen atoms in total. The molecule has 1 amide bonds. The monoisotopic (exact) mass is 324 g/mol. The van der Waals surface area contributed by atoms with Crippen molar-refractivity contribution in [2.24, 2.45) is 5.92 Å². The average Bonchev–Trinajstić information content (AvgIpc) is 2.63. The van der Waals surface area contributed by atoms with E-state index in [1.807, 2.05) is 66.5 Å². The largest absolute Gasteiger partial charge is 0.457 e. The summed E-state index contributed by atoms with van der Waals surface area (Å²) in [5.74, 6) is 2.23. The maximum absolute atomic E-state index is 12.7. The van der Waals surface area contributed by atoms with Gasteiger partial charge in [0.25, 0.3) is 5.91 Å². The molecule has 2 aromatic carbocycles. The summed E-state index contributed by atoms with van der Waals surface area (Å²) < 4.78 is 5.83. The molecule has 0 unspecified atom stereocenters. The second kappa shape index (κ2) is 7.97. The number of para-hydroxylation sites is 1. The smallest absolute Gasteiger partial charge is 0.253 e. The minimum absolute atomic E-state index is 0.0939. The highest BCUT2D eigenvalue weighted by Crippen LogP contribution is 2.24. The number of benzene rings is 2. The molecule has 0 aliphatic carbocycles. The Morgan fingerprint density at radius 1 is 1.08 bits per heavy atom. The third-order valence-corrected chi connectivity index (χ3v) is 4.45. The zero-order valence-electron chi connectivity index (χ0n) is 14.1. The van der Waals surface area contributed by atoms with Crippen molar-refractivity contribution in [3.05, 3.63) is 60.2 Å². The van der Waals surface area contributed by atoms with Gasteiger partial charge < -0.3 is 15.0 Å². The van der Waals surface area contributed by atoms with Crippen LogP contribution in [0, 0.1) is 5.92 Å². The van der Waals surface area contributed by atoms with Crippen molar-refractivity contribution >= 4 is 5.91 Å². The zero-order chi connectivity index (χ0) is 16.8. The topological polar surface area (TPSA) is 41.6 Å². The van der Waals surface area contributed by atoms with Crippen LogP contribution in [0.3, 0.4) is 0 Å². The molecule has 0 spiro atoms. The van der Waals surface area contributed by atoms with Gasteiger partial charge in [-0.1, -0.05) is 24.3 Å². The molecule has 2 aromatic rings. The fourth-order valence-corrected chi connectivity index (χ4v) is 3.13. The van der Waals surface area contributed by atoms with Crippen LogP contribution in [0.25, 0.3) is 0 Å². The lowest BCUT2D eigenvalue weighted by atomic mass is 9.96. The minimum atomic E-state index is 0.0939. The number of nitrogens with zero attached hydrogens (tertiary/aromatic N) is 1. The summed E-state index contributed by atoms with van der Waals surface area (Å²) in [5, 5.41) is 3.22. The standard InChI is InChI=1S/C20H24N2O2/c1-21-15-16-10-12-22(13-11-16)20(23)17-6-5-9-19(14-17)24-18-7-3-2-4-8-18/h2-9,14,16,21H,10-13,15H2,1H3. The maximum atomic E-state index is 12.7. The van der Waals surface area contributed by atoms with Gasteiger partial charge in [0.15, 0.2) is 0 Å². The Labute approximate surface area is 143 Å². The Morgan fingerprint density at radius 2 is 1.79 bits per heavy atom. The number of piperidine rings is 1. The highest BCUT2D eigenvalue weighted by molar-refractivity contribution is 5.94. The second-order valence-electron chi connectivity index (χ2n) is 6.24. The summed E-state index contributed by atoms with van der Waals surface area (Å²) in [6.45, 7) is 2.69. The van der Waals surface area contributed by atoms with Crippen LogP contribution in [-0.4, -0.2) is 37.5 Å². The first-order valence-corrected chi connectivity index (χ1v) is 8.53. The number of hydrogen-bond acceptors (Lipinski definition) is 3. The molecular formula is C20H24N2O2. The lowest BCUT2D eigenvalue weighted by Gasteiger charge is -2.32. The molecule has 0 atom stereocenters. The van der Waals surface area contributed by atoms with E-state index >= 15 is 0 Å². The summed E-state index contributed by atoms with van der Waals surface area (Å²) in [5.41, 5.74) is 0.690. The molecule has 1 heterocycles. The quantitative estimate of drug-likeness (QED) is 0.914. The first-order chi connectivity index (χ1) is 11.8. The van der Waals surface area contributed by atoms with Gasteiger partial charge >= 0.3 is 0 Å². The third kappa shape index (κ3) is 4.15. The molecule has 126 valence electrons. The van der Waals surface area contributed by atoms with E-state index in [1.54, 1.807) is 0 Å². The van der Waals surface area contributed by atoms with Crippen LogP contribution < -0.4 is 10.1 Å². The summed E-state index contributed by atoms with van der Waals surface area (Å²) in [6.07, 6.45) is 2.12. The van der Waals surface area contributed by atoms with Crippen molar-refractivity contribution in [1.82, 2.24) is 10.2 Å². The number of ether oxygens (including phenoxy) is 1. The van der Waals surface area contributed by atoms with Crippen LogP contribution in [0.4, 0.5) is 0 Å². The van der Waals surface area contributed by atoms with Crippen LogP contribution >= 0.6 is 0 Å². The summed E-state index contributed by atoms with van der Waals surface area (Å²) >= 11 is 0. The summed E-state index contributed by atoms with van der Waals surface area (Å²) in [7, 11) is 1.98.